The number of anilines is 2. The fraction of sp³-hybridized carbons (Fsp3) is 0.0500. The molecular formula is C20H15ClN6. The van der Waals surface area contributed by atoms with E-state index in [1.165, 1.54) is 0 Å². The molecular weight excluding hydrogens is 360 g/mol. The Labute approximate surface area is 159 Å². The zero-order valence-corrected chi connectivity index (χ0v) is 15.2. The van der Waals surface area contributed by atoms with Gasteiger partial charge in [0.15, 0.2) is 0 Å². The maximum Gasteiger partial charge on any atom is 0.227 e. The van der Waals surface area contributed by atoms with E-state index in [0.29, 0.717) is 16.7 Å². The van der Waals surface area contributed by atoms with Crippen LogP contribution in [0.3, 0.4) is 0 Å². The van der Waals surface area contributed by atoms with Crippen LogP contribution in [0.25, 0.3) is 33.2 Å². The van der Waals surface area contributed by atoms with E-state index in [2.05, 4.69) is 30.2 Å². The van der Waals surface area contributed by atoms with Crippen molar-refractivity contribution in [1.29, 1.82) is 0 Å². The van der Waals surface area contributed by atoms with Crippen LogP contribution in [0, 0.1) is 6.92 Å². The summed E-state index contributed by atoms with van der Waals surface area (Å²) in [5.41, 5.74) is 5.43. The third-order valence-corrected chi connectivity index (χ3v) is 4.72. The second-order valence-electron chi connectivity index (χ2n) is 6.32. The minimum atomic E-state index is 0.482. The zero-order valence-electron chi connectivity index (χ0n) is 14.4. The number of benzene rings is 2. The van der Waals surface area contributed by atoms with Gasteiger partial charge in [0.05, 0.1) is 27.9 Å². The van der Waals surface area contributed by atoms with Crippen LogP contribution >= 0.6 is 11.6 Å². The molecule has 0 amide bonds. The molecule has 0 aliphatic heterocycles. The van der Waals surface area contributed by atoms with Crippen molar-refractivity contribution in [3.8, 4) is 11.3 Å². The zero-order chi connectivity index (χ0) is 18.4. The van der Waals surface area contributed by atoms with E-state index in [0.717, 1.165) is 39.0 Å². The number of aromatic nitrogens is 5. The molecule has 0 saturated heterocycles. The van der Waals surface area contributed by atoms with E-state index < -0.39 is 0 Å². The highest BCUT2D eigenvalue weighted by atomic mass is 35.5. The summed E-state index contributed by atoms with van der Waals surface area (Å²) in [7, 11) is 0. The van der Waals surface area contributed by atoms with Gasteiger partial charge in [-0.1, -0.05) is 29.8 Å². The Morgan fingerprint density at radius 2 is 1.93 bits per heavy atom. The number of imidazole rings is 1. The molecule has 0 fully saturated rings. The van der Waals surface area contributed by atoms with E-state index >= 15 is 0 Å². The first-order valence-electron chi connectivity index (χ1n) is 8.50. The number of halogens is 1. The van der Waals surface area contributed by atoms with Gasteiger partial charge in [0.25, 0.3) is 0 Å². The Balaban J connectivity index is 1.54. The minimum Gasteiger partial charge on any atom is -0.360 e. The van der Waals surface area contributed by atoms with Gasteiger partial charge < -0.3 is 15.3 Å². The molecule has 3 heterocycles. The van der Waals surface area contributed by atoms with Crippen LogP contribution in [0.5, 0.6) is 0 Å². The molecule has 0 atom stereocenters. The molecule has 0 unspecified atom stereocenters. The number of aryl methyl sites for hydroxylation is 1. The highest BCUT2D eigenvalue weighted by molar-refractivity contribution is 6.33. The van der Waals surface area contributed by atoms with Crippen LogP contribution in [0.1, 0.15) is 5.82 Å². The van der Waals surface area contributed by atoms with E-state index in [-0.39, 0.29) is 0 Å². The molecule has 2 aromatic carbocycles. The van der Waals surface area contributed by atoms with Crippen molar-refractivity contribution in [3.05, 3.63) is 65.7 Å². The average molecular weight is 375 g/mol. The average Bonchev–Trinajstić information content (AvgIpc) is 3.25. The number of nitrogens with one attached hydrogen (secondary N) is 3. The summed E-state index contributed by atoms with van der Waals surface area (Å²) in [6.07, 6.45) is 3.54. The molecule has 0 radical (unpaired) electrons. The first kappa shape index (κ1) is 15.8. The third kappa shape index (κ3) is 2.80. The lowest BCUT2D eigenvalue weighted by molar-refractivity contribution is 1.17. The van der Waals surface area contributed by atoms with Crippen LogP contribution in [-0.2, 0) is 0 Å². The van der Waals surface area contributed by atoms with Crippen molar-refractivity contribution in [1.82, 2.24) is 24.9 Å². The Morgan fingerprint density at radius 1 is 1.04 bits per heavy atom. The number of aromatic amines is 2. The number of fused-ring (bicyclic) bond motifs is 2. The summed E-state index contributed by atoms with van der Waals surface area (Å²) in [4.78, 5) is 19.9. The molecule has 6 nitrogen and oxygen atoms in total. The smallest absolute Gasteiger partial charge is 0.227 e. The summed E-state index contributed by atoms with van der Waals surface area (Å²) in [6.45, 7) is 1.93. The molecule has 27 heavy (non-hydrogen) atoms. The number of rotatable bonds is 3. The molecule has 0 bridgehead atoms. The van der Waals surface area contributed by atoms with Gasteiger partial charge >= 0.3 is 0 Å². The number of hydrogen-bond acceptors (Lipinski definition) is 4. The normalized spacial score (nSPS) is 11.3. The first-order valence-corrected chi connectivity index (χ1v) is 8.87. The summed E-state index contributed by atoms with van der Waals surface area (Å²) < 4.78 is 0. The fourth-order valence-electron chi connectivity index (χ4n) is 3.23. The van der Waals surface area contributed by atoms with E-state index in [9.17, 15) is 0 Å². The van der Waals surface area contributed by atoms with Gasteiger partial charge in [-0.25, -0.2) is 15.0 Å². The van der Waals surface area contributed by atoms with Gasteiger partial charge in [-0.3, -0.25) is 0 Å². The van der Waals surface area contributed by atoms with Crippen molar-refractivity contribution in [2.45, 2.75) is 6.92 Å². The number of hydrogen-bond donors (Lipinski definition) is 3. The number of nitrogens with zero attached hydrogens (tertiary/aromatic N) is 3. The van der Waals surface area contributed by atoms with Crippen molar-refractivity contribution < 1.29 is 0 Å². The van der Waals surface area contributed by atoms with Crippen LogP contribution < -0.4 is 5.32 Å². The largest absolute Gasteiger partial charge is 0.360 e. The molecule has 5 aromatic rings. The Kier molecular flexibility index (Phi) is 3.58. The molecule has 0 spiro atoms. The van der Waals surface area contributed by atoms with Crippen LogP contribution in [-0.4, -0.2) is 24.9 Å². The Morgan fingerprint density at radius 3 is 2.85 bits per heavy atom. The van der Waals surface area contributed by atoms with E-state index in [4.69, 9.17) is 11.6 Å². The molecule has 5 rings (SSSR count). The second-order valence-corrected chi connectivity index (χ2v) is 6.72. The van der Waals surface area contributed by atoms with Crippen molar-refractivity contribution in [3.63, 3.8) is 0 Å². The molecule has 132 valence electrons. The standard InChI is InChI=1S/C20H15ClN6/c1-11-24-17-7-6-12(8-18(17)25-11)26-20-23-10-15(21)19(27-20)14-9-22-16-5-3-2-4-13(14)16/h2-10,22H,1H3,(H,24,25)(H,23,26,27). The first-order chi connectivity index (χ1) is 13.2. The molecule has 7 heteroatoms. The lowest BCUT2D eigenvalue weighted by Crippen LogP contribution is -1.98. The second kappa shape index (κ2) is 6.10. The SMILES string of the molecule is Cc1nc2ccc(Nc3ncc(Cl)c(-c4c[nH]c5ccccc45)n3)cc2[nH]1. The van der Waals surface area contributed by atoms with Crippen molar-refractivity contribution >= 4 is 45.2 Å². The van der Waals surface area contributed by atoms with Gasteiger partial charge in [0, 0.05) is 28.4 Å². The quantitative estimate of drug-likeness (QED) is 0.405. The predicted molar refractivity (Wildman–Crippen MR) is 108 cm³/mol. The summed E-state index contributed by atoms with van der Waals surface area (Å²) in [5, 5.41) is 4.82. The third-order valence-electron chi connectivity index (χ3n) is 4.44. The highest BCUT2D eigenvalue weighted by Crippen LogP contribution is 2.32. The highest BCUT2D eigenvalue weighted by Gasteiger charge is 2.13. The Bertz CT molecular complexity index is 1290. The van der Waals surface area contributed by atoms with Gasteiger partial charge in [-0.2, -0.15) is 0 Å². The number of para-hydroxylation sites is 1. The predicted octanol–water partition coefficient (Wildman–Crippen LogP) is 5.21. The summed E-state index contributed by atoms with van der Waals surface area (Å²) >= 11 is 6.39. The van der Waals surface area contributed by atoms with Crippen molar-refractivity contribution in [2.24, 2.45) is 0 Å². The van der Waals surface area contributed by atoms with E-state index in [1.54, 1.807) is 6.20 Å². The summed E-state index contributed by atoms with van der Waals surface area (Å²) in [5.74, 6) is 1.36. The van der Waals surface area contributed by atoms with Gasteiger partial charge in [-0.05, 0) is 31.2 Å². The van der Waals surface area contributed by atoms with Gasteiger partial charge in [-0.15, -0.1) is 0 Å². The topological polar surface area (TPSA) is 82.3 Å². The van der Waals surface area contributed by atoms with E-state index in [1.807, 2.05) is 55.6 Å². The minimum absolute atomic E-state index is 0.482. The lowest BCUT2D eigenvalue weighted by atomic mass is 10.1. The molecule has 0 aliphatic carbocycles. The Hall–Kier alpha value is -3.38. The maximum atomic E-state index is 6.39. The summed E-state index contributed by atoms with van der Waals surface area (Å²) in [6, 6.07) is 13.9. The van der Waals surface area contributed by atoms with Crippen LogP contribution in [0.4, 0.5) is 11.6 Å². The lowest BCUT2D eigenvalue weighted by Gasteiger charge is -2.08. The molecule has 3 aromatic heterocycles. The fourth-order valence-corrected chi connectivity index (χ4v) is 3.42. The molecule has 3 N–H and O–H groups in total. The number of H-pyrrole nitrogens is 2. The van der Waals surface area contributed by atoms with Gasteiger partial charge in [0.1, 0.15) is 5.82 Å². The monoisotopic (exact) mass is 374 g/mol. The maximum absolute atomic E-state index is 6.39. The van der Waals surface area contributed by atoms with Crippen LogP contribution in [0.15, 0.2) is 54.9 Å². The van der Waals surface area contributed by atoms with Gasteiger partial charge in [0.2, 0.25) is 5.95 Å². The molecule has 0 aliphatic rings. The molecule has 0 saturated carbocycles. The van der Waals surface area contributed by atoms with Crippen LogP contribution in [0.2, 0.25) is 5.02 Å². The van der Waals surface area contributed by atoms with Crippen molar-refractivity contribution in [2.75, 3.05) is 5.32 Å².